The molecule has 37 heavy (non-hydrogen) atoms. The van der Waals surface area contributed by atoms with Gasteiger partial charge < -0.3 is 10.2 Å². The highest BCUT2D eigenvalue weighted by atomic mass is 35.5. The highest BCUT2D eigenvalue weighted by Crippen LogP contribution is 2.31. The van der Waals surface area contributed by atoms with Gasteiger partial charge in [0, 0.05) is 24.7 Å². The van der Waals surface area contributed by atoms with Crippen LogP contribution < -0.4 is 15.5 Å². The van der Waals surface area contributed by atoms with E-state index in [1.54, 1.807) is 24.3 Å². The lowest BCUT2D eigenvalue weighted by molar-refractivity contribution is -0.384. The molecule has 0 radical (unpaired) electrons. The second-order valence-corrected chi connectivity index (χ2v) is 9.38. The molecule has 10 nitrogen and oxygen atoms in total. The van der Waals surface area contributed by atoms with Gasteiger partial charge in [0.2, 0.25) is 0 Å². The Morgan fingerprint density at radius 1 is 1.00 bits per heavy atom. The zero-order valence-electron chi connectivity index (χ0n) is 19.6. The highest BCUT2D eigenvalue weighted by Gasteiger charge is 2.23. The number of para-hydroxylation sites is 1. The Labute approximate surface area is 222 Å². The smallest absolute Gasteiger partial charge is 0.293 e. The van der Waals surface area contributed by atoms with E-state index in [1.807, 2.05) is 35.2 Å². The van der Waals surface area contributed by atoms with E-state index < -0.39 is 10.8 Å². The average Bonchev–Trinajstić information content (AvgIpc) is 3.32. The molecule has 12 heteroatoms. The second-order valence-electron chi connectivity index (χ2n) is 8.56. The molecule has 0 unspecified atom stereocenters. The maximum Gasteiger partial charge on any atom is 0.293 e. The van der Waals surface area contributed by atoms with Crippen LogP contribution in [0, 0.1) is 10.1 Å². The van der Waals surface area contributed by atoms with Gasteiger partial charge in [-0.3, -0.25) is 20.2 Å². The number of piperidine rings is 1. The number of hydrogen-bond donors (Lipinski definition) is 2. The fraction of sp³-hybridized carbons (Fsp3) is 0.200. The van der Waals surface area contributed by atoms with Crippen molar-refractivity contribution in [3.8, 4) is 5.69 Å². The molecule has 1 saturated heterocycles. The molecular weight excluding hydrogens is 514 g/mol. The van der Waals surface area contributed by atoms with Crippen molar-refractivity contribution in [2.24, 2.45) is 0 Å². The number of anilines is 2. The summed E-state index contributed by atoms with van der Waals surface area (Å²) in [5.41, 5.74) is 2.95. The van der Waals surface area contributed by atoms with E-state index in [4.69, 9.17) is 23.8 Å². The minimum Gasteiger partial charge on any atom is -0.366 e. The summed E-state index contributed by atoms with van der Waals surface area (Å²) < 4.78 is 0. The molecule has 0 atom stereocenters. The van der Waals surface area contributed by atoms with Gasteiger partial charge in [-0.05, 0) is 67.9 Å². The summed E-state index contributed by atoms with van der Waals surface area (Å²) in [6, 6.07) is 17.2. The standard InChI is InChI=1S/C25H22ClN7O3S/c26-18-14-20-21(30-32(29-20)17-7-3-1-4-8-17)15-19(18)27-25(37)28-24(34)16-9-10-22(23(13-16)33(35)36)31-11-5-2-6-12-31/h1,3-4,7-10,13-15H,2,5-6,11-12H2,(H2,27,28,34,37). The van der Waals surface area contributed by atoms with E-state index in [0.29, 0.717) is 27.4 Å². The number of benzene rings is 3. The topological polar surface area (TPSA) is 118 Å². The fourth-order valence-electron chi connectivity index (χ4n) is 4.25. The van der Waals surface area contributed by atoms with Crippen molar-refractivity contribution in [3.63, 3.8) is 0 Å². The molecule has 2 N–H and O–H groups in total. The van der Waals surface area contributed by atoms with Gasteiger partial charge in [0.1, 0.15) is 16.7 Å². The number of rotatable bonds is 5. The summed E-state index contributed by atoms with van der Waals surface area (Å²) in [7, 11) is 0. The van der Waals surface area contributed by atoms with Crippen LogP contribution in [0.2, 0.25) is 5.02 Å². The van der Waals surface area contributed by atoms with Gasteiger partial charge in [0.25, 0.3) is 11.6 Å². The van der Waals surface area contributed by atoms with Crippen LogP contribution in [0.5, 0.6) is 0 Å². The van der Waals surface area contributed by atoms with Crippen molar-refractivity contribution < 1.29 is 9.72 Å². The summed E-state index contributed by atoms with van der Waals surface area (Å²) in [5, 5.41) is 26.4. The average molecular weight is 536 g/mol. The zero-order valence-corrected chi connectivity index (χ0v) is 21.1. The maximum atomic E-state index is 12.8. The number of hydrogen-bond acceptors (Lipinski definition) is 7. The lowest BCUT2D eigenvalue weighted by atomic mass is 10.1. The maximum absolute atomic E-state index is 12.8. The lowest BCUT2D eigenvalue weighted by Gasteiger charge is -2.28. The normalized spacial score (nSPS) is 13.4. The number of thiocarbonyl (C=S) groups is 1. The first-order valence-corrected chi connectivity index (χ1v) is 12.5. The Bertz CT molecular complexity index is 1500. The number of nitro benzene ring substituents is 1. The van der Waals surface area contributed by atoms with Crippen LogP contribution >= 0.6 is 23.8 Å². The van der Waals surface area contributed by atoms with Crippen molar-refractivity contribution in [2.75, 3.05) is 23.3 Å². The first-order valence-electron chi connectivity index (χ1n) is 11.7. The molecule has 1 aliphatic rings. The minimum atomic E-state index is -0.571. The van der Waals surface area contributed by atoms with Gasteiger partial charge in [-0.1, -0.05) is 29.8 Å². The third kappa shape index (κ3) is 5.37. The predicted molar refractivity (Wildman–Crippen MR) is 147 cm³/mol. The summed E-state index contributed by atoms with van der Waals surface area (Å²) in [4.78, 5) is 27.6. The molecule has 0 spiro atoms. The molecule has 2 heterocycles. The number of aromatic nitrogens is 3. The SMILES string of the molecule is O=C(NC(=S)Nc1cc2nn(-c3ccccc3)nc2cc1Cl)c1ccc(N2CCCCC2)c([N+](=O)[O-])c1. The molecule has 0 aliphatic carbocycles. The number of nitro groups is 1. The number of nitrogens with one attached hydrogen (secondary N) is 2. The van der Waals surface area contributed by atoms with Crippen molar-refractivity contribution in [2.45, 2.75) is 19.3 Å². The minimum absolute atomic E-state index is 0.00976. The van der Waals surface area contributed by atoms with Crippen LogP contribution in [0.25, 0.3) is 16.7 Å². The number of amides is 1. The monoisotopic (exact) mass is 535 g/mol. The lowest BCUT2D eigenvalue weighted by Crippen LogP contribution is -2.34. The van der Waals surface area contributed by atoms with E-state index >= 15 is 0 Å². The molecule has 1 amide bonds. The molecule has 1 aliphatic heterocycles. The van der Waals surface area contributed by atoms with Crippen molar-refractivity contribution >= 4 is 62.9 Å². The molecule has 1 aromatic heterocycles. The van der Waals surface area contributed by atoms with E-state index in [0.717, 1.165) is 38.0 Å². The van der Waals surface area contributed by atoms with Gasteiger partial charge in [0.05, 0.1) is 21.3 Å². The van der Waals surface area contributed by atoms with E-state index in [-0.39, 0.29) is 16.4 Å². The summed E-state index contributed by atoms with van der Waals surface area (Å²) in [6.07, 6.45) is 3.07. The van der Waals surface area contributed by atoms with Crippen molar-refractivity contribution in [3.05, 3.63) is 81.4 Å². The number of carbonyl (C=O) groups excluding carboxylic acids is 1. The first-order chi connectivity index (χ1) is 17.9. The molecule has 3 aromatic carbocycles. The third-order valence-electron chi connectivity index (χ3n) is 6.06. The van der Waals surface area contributed by atoms with Crippen LogP contribution in [0.3, 0.4) is 0 Å². The number of halogens is 1. The molecule has 5 rings (SSSR count). The van der Waals surface area contributed by atoms with Crippen molar-refractivity contribution in [1.82, 2.24) is 20.3 Å². The molecule has 1 fully saturated rings. The van der Waals surface area contributed by atoms with Crippen LogP contribution in [-0.2, 0) is 0 Å². The first kappa shape index (κ1) is 24.6. The van der Waals surface area contributed by atoms with Crippen LogP contribution in [-0.4, -0.2) is 44.0 Å². The number of nitrogens with zero attached hydrogens (tertiary/aromatic N) is 5. The Hall–Kier alpha value is -4.09. The Morgan fingerprint density at radius 3 is 2.41 bits per heavy atom. The Kier molecular flexibility index (Phi) is 6.97. The van der Waals surface area contributed by atoms with Crippen LogP contribution in [0.4, 0.5) is 17.1 Å². The zero-order chi connectivity index (χ0) is 25.9. The quantitative estimate of drug-likeness (QED) is 0.206. The Balaban J connectivity index is 1.31. The molecule has 0 bridgehead atoms. The van der Waals surface area contributed by atoms with Crippen LogP contribution in [0.15, 0.2) is 60.7 Å². The fourth-order valence-corrected chi connectivity index (χ4v) is 4.66. The van der Waals surface area contributed by atoms with Crippen molar-refractivity contribution in [1.29, 1.82) is 0 Å². The van der Waals surface area contributed by atoms with E-state index in [2.05, 4.69) is 20.8 Å². The van der Waals surface area contributed by atoms with Gasteiger partial charge in [-0.2, -0.15) is 4.80 Å². The molecule has 0 saturated carbocycles. The molecule has 188 valence electrons. The molecular formula is C25H22ClN7O3S. The summed E-state index contributed by atoms with van der Waals surface area (Å²) >= 11 is 11.7. The van der Waals surface area contributed by atoms with Gasteiger partial charge >= 0.3 is 0 Å². The third-order valence-corrected chi connectivity index (χ3v) is 6.58. The highest BCUT2D eigenvalue weighted by molar-refractivity contribution is 7.80. The largest absolute Gasteiger partial charge is 0.366 e. The Morgan fingerprint density at radius 2 is 1.70 bits per heavy atom. The molecule has 4 aromatic rings. The van der Waals surface area contributed by atoms with Gasteiger partial charge in [0.15, 0.2) is 5.11 Å². The number of carbonyl (C=O) groups is 1. The summed E-state index contributed by atoms with van der Waals surface area (Å²) in [6.45, 7) is 1.51. The van der Waals surface area contributed by atoms with Crippen LogP contribution in [0.1, 0.15) is 29.6 Å². The van der Waals surface area contributed by atoms with E-state index in [9.17, 15) is 14.9 Å². The predicted octanol–water partition coefficient (Wildman–Crippen LogP) is 5.10. The van der Waals surface area contributed by atoms with Gasteiger partial charge in [-0.15, -0.1) is 10.2 Å². The number of fused-ring (bicyclic) bond motifs is 1. The van der Waals surface area contributed by atoms with E-state index in [1.165, 1.54) is 10.9 Å². The summed E-state index contributed by atoms with van der Waals surface area (Å²) in [5.74, 6) is -0.571. The second kappa shape index (κ2) is 10.5. The van der Waals surface area contributed by atoms with Gasteiger partial charge in [-0.25, -0.2) is 0 Å².